The predicted octanol–water partition coefficient (Wildman–Crippen LogP) is -0.689. The lowest BCUT2D eigenvalue weighted by molar-refractivity contribution is -0.0788. The van der Waals surface area contributed by atoms with Crippen molar-refractivity contribution in [3.63, 3.8) is 0 Å². The van der Waals surface area contributed by atoms with Crippen LogP contribution >= 0.6 is 0 Å². The molecule has 6 N–H and O–H groups in total. The number of rotatable bonds is 7. The molecule has 0 saturated heterocycles. The van der Waals surface area contributed by atoms with Crippen molar-refractivity contribution < 1.29 is 25.2 Å². The number of H-pyrrole nitrogens is 1. The van der Waals surface area contributed by atoms with E-state index in [0.29, 0.717) is 11.3 Å². The largest absolute Gasteiger partial charge is 0.394 e. The zero-order valence-electron chi connectivity index (χ0n) is 13.5. The third kappa shape index (κ3) is 4.70. The Morgan fingerprint density at radius 1 is 1.28 bits per heavy atom. The number of hydrazone groups is 1. The molecule has 0 aliphatic carbocycles. The minimum Gasteiger partial charge on any atom is -0.394 e. The van der Waals surface area contributed by atoms with Gasteiger partial charge in [0.15, 0.2) is 5.82 Å². The second kappa shape index (κ2) is 8.49. The number of aliphatic hydroxyl groups excluding tert-OH is 4. The van der Waals surface area contributed by atoms with Gasteiger partial charge in [-0.15, -0.1) is 0 Å². The normalized spacial score (nSPS) is 15.5. The van der Waals surface area contributed by atoms with Crippen LogP contribution in [0.5, 0.6) is 0 Å². The Kier molecular flexibility index (Phi) is 6.37. The lowest BCUT2D eigenvalue weighted by atomic mass is 10.1. The number of nitrogens with one attached hydrogen (secondary N) is 2. The van der Waals surface area contributed by atoms with E-state index in [1.807, 2.05) is 0 Å². The smallest absolute Gasteiger partial charge is 0.271 e. The van der Waals surface area contributed by atoms with Gasteiger partial charge in [0.2, 0.25) is 0 Å². The van der Waals surface area contributed by atoms with Crippen LogP contribution in [-0.2, 0) is 0 Å². The fourth-order valence-electron chi connectivity index (χ4n) is 2.01. The SMILES string of the molecule is C/C(=N/NC(=O)c1ccccc1)c1ncc(C(O)C(O)C(O)CO)[nH]1. The Labute approximate surface area is 143 Å². The fraction of sp³-hybridized carbons (Fsp3) is 0.312. The monoisotopic (exact) mass is 348 g/mol. The van der Waals surface area contributed by atoms with E-state index >= 15 is 0 Å². The first-order chi connectivity index (χ1) is 11.9. The topological polar surface area (TPSA) is 151 Å². The van der Waals surface area contributed by atoms with Crippen LogP contribution in [0.15, 0.2) is 41.6 Å². The molecule has 134 valence electrons. The fourth-order valence-corrected chi connectivity index (χ4v) is 2.01. The summed E-state index contributed by atoms with van der Waals surface area (Å²) in [7, 11) is 0. The summed E-state index contributed by atoms with van der Waals surface area (Å²) in [5, 5.41) is 41.7. The van der Waals surface area contributed by atoms with E-state index in [1.54, 1.807) is 37.3 Å². The van der Waals surface area contributed by atoms with Crippen molar-refractivity contribution >= 4 is 11.6 Å². The van der Waals surface area contributed by atoms with Gasteiger partial charge in [-0.1, -0.05) is 18.2 Å². The Morgan fingerprint density at radius 3 is 2.60 bits per heavy atom. The van der Waals surface area contributed by atoms with Crippen LogP contribution in [0, 0.1) is 0 Å². The van der Waals surface area contributed by atoms with Gasteiger partial charge in [0, 0.05) is 5.56 Å². The van der Waals surface area contributed by atoms with Gasteiger partial charge in [-0.25, -0.2) is 10.4 Å². The van der Waals surface area contributed by atoms with E-state index in [1.165, 1.54) is 6.20 Å². The number of carbonyl (C=O) groups is 1. The van der Waals surface area contributed by atoms with Gasteiger partial charge in [-0.2, -0.15) is 5.10 Å². The van der Waals surface area contributed by atoms with Crippen molar-refractivity contribution in [2.45, 2.75) is 25.2 Å². The maximum absolute atomic E-state index is 11.9. The van der Waals surface area contributed by atoms with Crippen molar-refractivity contribution in [1.82, 2.24) is 15.4 Å². The molecular weight excluding hydrogens is 328 g/mol. The number of aliphatic hydroxyl groups is 4. The summed E-state index contributed by atoms with van der Waals surface area (Å²) in [6.45, 7) is 0.907. The number of amides is 1. The molecule has 1 aromatic heterocycles. The highest BCUT2D eigenvalue weighted by Crippen LogP contribution is 2.17. The molecule has 0 aliphatic rings. The average Bonchev–Trinajstić information content (AvgIpc) is 3.14. The number of aromatic nitrogens is 2. The van der Waals surface area contributed by atoms with Crippen molar-refractivity contribution in [3.05, 3.63) is 53.6 Å². The maximum Gasteiger partial charge on any atom is 0.271 e. The molecule has 9 heteroatoms. The van der Waals surface area contributed by atoms with Gasteiger partial charge in [-0.3, -0.25) is 4.79 Å². The third-order valence-electron chi connectivity index (χ3n) is 3.52. The minimum absolute atomic E-state index is 0.138. The molecule has 3 atom stereocenters. The first kappa shape index (κ1) is 18.7. The molecule has 0 spiro atoms. The number of nitrogens with zero attached hydrogens (tertiary/aromatic N) is 2. The molecule has 25 heavy (non-hydrogen) atoms. The summed E-state index contributed by atoms with van der Waals surface area (Å²) >= 11 is 0. The van der Waals surface area contributed by atoms with Crippen LogP contribution < -0.4 is 5.43 Å². The quantitative estimate of drug-likeness (QED) is 0.288. The number of hydrogen-bond donors (Lipinski definition) is 6. The lowest BCUT2D eigenvalue weighted by Crippen LogP contribution is -2.34. The highest BCUT2D eigenvalue weighted by molar-refractivity contribution is 5.98. The molecule has 1 amide bonds. The predicted molar refractivity (Wildman–Crippen MR) is 88.8 cm³/mol. The van der Waals surface area contributed by atoms with E-state index in [9.17, 15) is 20.1 Å². The first-order valence-electron chi connectivity index (χ1n) is 7.54. The highest BCUT2D eigenvalue weighted by Gasteiger charge is 2.27. The van der Waals surface area contributed by atoms with Gasteiger partial charge < -0.3 is 25.4 Å². The number of carbonyl (C=O) groups excluding carboxylic acids is 1. The van der Waals surface area contributed by atoms with E-state index < -0.39 is 24.9 Å². The Morgan fingerprint density at radius 2 is 1.96 bits per heavy atom. The molecule has 0 saturated carbocycles. The molecule has 0 bridgehead atoms. The highest BCUT2D eigenvalue weighted by atomic mass is 16.4. The summed E-state index contributed by atoms with van der Waals surface area (Å²) in [4.78, 5) is 18.7. The molecule has 2 rings (SSSR count). The summed E-state index contributed by atoms with van der Waals surface area (Å²) in [5.41, 5.74) is 3.33. The molecule has 2 aromatic rings. The van der Waals surface area contributed by atoms with Gasteiger partial charge in [0.1, 0.15) is 24.0 Å². The second-order valence-electron chi connectivity index (χ2n) is 5.38. The van der Waals surface area contributed by atoms with Crippen LogP contribution in [0.1, 0.15) is 34.9 Å². The number of hydrogen-bond acceptors (Lipinski definition) is 7. The van der Waals surface area contributed by atoms with Crippen LogP contribution in [0.3, 0.4) is 0 Å². The second-order valence-corrected chi connectivity index (χ2v) is 5.38. The molecule has 1 heterocycles. The summed E-state index contributed by atoms with van der Waals surface area (Å²) in [5.74, 6) is -0.110. The van der Waals surface area contributed by atoms with Gasteiger partial charge in [0.05, 0.1) is 18.5 Å². The number of imidazole rings is 1. The molecule has 3 unspecified atom stereocenters. The molecule has 0 radical (unpaired) electrons. The zero-order chi connectivity index (χ0) is 18.4. The van der Waals surface area contributed by atoms with Crippen LogP contribution in [0.4, 0.5) is 0 Å². The van der Waals surface area contributed by atoms with E-state index in [2.05, 4.69) is 20.5 Å². The number of benzene rings is 1. The van der Waals surface area contributed by atoms with Gasteiger partial charge in [0.25, 0.3) is 5.91 Å². The van der Waals surface area contributed by atoms with Gasteiger partial charge in [-0.05, 0) is 19.1 Å². The first-order valence-corrected chi connectivity index (χ1v) is 7.54. The van der Waals surface area contributed by atoms with Crippen molar-refractivity contribution in [3.8, 4) is 0 Å². The Bertz CT molecular complexity index is 731. The molecule has 9 nitrogen and oxygen atoms in total. The molecule has 0 aliphatic heterocycles. The van der Waals surface area contributed by atoms with Crippen LogP contribution in [0.2, 0.25) is 0 Å². The minimum atomic E-state index is -1.58. The Hall–Kier alpha value is -2.59. The van der Waals surface area contributed by atoms with E-state index in [0.717, 1.165) is 0 Å². The molecule has 0 fully saturated rings. The lowest BCUT2D eigenvalue weighted by Gasteiger charge is -2.20. The van der Waals surface area contributed by atoms with Crippen LogP contribution in [-0.4, -0.2) is 60.8 Å². The Balaban J connectivity index is 2.04. The average molecular weight is 348 g/mol. The van der Waals surface area contributed by atoms with Crippen LogP contribution in [0.25, 0.3) is 0 Å². The zero-order valence-corrected chi connectivity index (χ0v) is 13.5. The van der Waals surface area contributed by atoms with E-state index in [-0.39, 0.29) is 17.4 Å². The number of aromatic amines is 1. The van der Waals surface area contributed by atoms with Crippen molar-refractivity contribution in [2.75, 3.05) is 6.61 Å². The third-order valence-corrected chi connectivity index (χ3v) is 3.52. The van der Waals surface area contributed by atoms with Crippen molar-refractivity contribution in [2.24, 2.45) is 5.10 Å². The molecule has 1 aromatic carbocycles. The van der Waals surface area contributed by atoms with Crippen molar-refractivity contribution in [1.29, 1.82) is 0 Å². The van der Waals surface area contributed by atoms with Gasteiger partial charge >= 0.3 is 0 Å². The standard InChI is InChI=1S/C16H20N4O5/c1-9(19-20-16(25)10-5-3-2-4-6-10)15-17-7-11(18-15)13(23)14(24)12(22)8-21/h2-7,12-14,21-24H,8H2,1H3,(H,17,18)(H,20,25)/b19-9-. The maximum atomic E-state index is 11.9. The summed E-state index contributed by atoms with van der Waals surface area (Å²) in [6, 6.07) is 8.56. The molecular formula is C16H20N4O5. The summed E-state index contributed by atoms with van der Waals surface area (Å²) in [6.07, 6.45) is -3.25. The summed E-state index contributed by atoms with van der Waals surface area (Å²) < 4.78 is 0. The van der Waals surface area contributed by atoms with E-state index in [4.69, 9.17) is 5.11 Å².